The Morgan fingerprint density at radius 1 is 1.06 bits per heavy atom. The van der Waals surface area contributed by atoms with Crippen molar-refractivity contribution in [1.29, 1.82) is 0 Å². The van der Waals surface area contributed by atoms with E-state index in [1.54, 1.807) is 0 Å². The van der Waals surface area contributed by atoms with Gasteiger partial charge in [0, 0.05) is 5.56 Å². The van der Waals surface area contributed by atoms with E-state index < -0.39 is 0 Å². The number of benzene rings is 2. The molecule has 1 aliphatic carbocycles. The summed E-state index contributed by atoms with van der Waals surface area (Å²) in [7, 11) is 0. The third kappa shape index (κ3) is 1.26. The van der Waals surface area contributed by atoms with Gasteiger partial charge in [0.2, 0.25) is 0 Å². The average molecular weight is 273 g/mol. The lowest BCUT2D eigenvalue weighted by Gasteiger charge is -2.06. The van der Waals surface area contributed by atoms with Crippen LogP contribution >= 0.6 is 15.9 Å². The van der Waals surface area contributed by atoms with Gasteiger partial charge >= 0.3 is 0 Å². The molecule has 1 nitrogen and oxygen atoms in total. The van der Waals surface area contributed by atoms with Crippen molar-refractivity contribution in [2.45, 2.75) is 0 Å². The molecule has 2 aromatic carbocycles. The van der Waals surface area contributed by atoms with E-state index in [2.05, 4.69) is 34.1 Å². The SMILES string of the molecule is O=C(CBr)c1ccc2c3c(cccc13)C=C2. The van der Waals surface area contributed by atoms with Gasteiger partial charge in [-0.3, -0.25) is 4.79 Å². The van der Waals surface area contributed by atoms with Crippen LogP contribution in [-0.4, -0.2) is 11.1 Å². The summed E-state index contributed by atoms with van der Waals surface area (Å²) < 4.78 is 0. The van der Waals surface area contributed by atoms with Gasteiger partial charge in [0.25, 0.3) is 0 Å². The lowest BCUT2D eigenvalue weighted by atomic mass is 9.97. The molecule has 16 heavy (non-hydrogen) atoms. The third-order valence-corrected chi connectivity index (χ3v) is 3.48. The minimum atomic E-state index is 0.135. The molecule has 0 atom stereocenters. The van der Waals surface area contributed by atoms with Gasteiger partial charge in [0.05, 0.1) is 5.33 Å². The number of carbonyl (C=O) groups is 1. The molecule has 0 N–H and O–H groups in total. The van der Waals surface area contributed by atoms with Crippen LogP contribution in [0.15, 0.2) is 30.3 Å². The maximum absolute atomic E-state index is 11.8. The molecule has 2 aromatic rings. The minimum Gasteiger partial charge on any atom is -0.293 e. The van der Waals surface area contributed by atoms with Gasteiger partial charge in [-0.2, -0.15) is 0 Å². The molecule has 0 spiro atoms. The smallest absolute Gasteiger partial charge is 0.173 e. The summed E-state index contributed by atoms with van der Waals surface area (Å²) in [5.74, 6) is 0.135. The maximum atomic E-state index is 11.8. The standard InChI is InChI=1S/C14H9BrO/c15-8-13(16)11-7-6-10-5-4-9-2-1-3-12(11)14(9)10/h1-7H,8H2. The fourth-order valence-electron chi connectivity index (χ4n) is 2.24. The highest BCUT2D eigenvalue weighted by atomic mass is 79.9. The van der Waals surface area contributed by atoms with Crippen molar-refractivity contribution in [2.24, 2.45) is 0 Å². The second kappa shape index (κ2) is 3.56. The van der Waals surface area contributed by atoms with Crippen molar-refractivity contribution < 1.29 is 4.79 Å². The molecule has 0 heterocycles. The molecule has 1 aliphatic rings. The molecular weight excluding hydrogens is 264 g/mol. The van der Waals surface area contributed by atoms with E-state index in [0.717, 1.165) is 10.9 Å². The topological polar surface area (TPSA) is 17.1 Å². The zero-order valence-electron chi connectivity index (χ0n) is 8.53. The molecule has 0 saturated carbocycles. The molecule has 2 heteroatoms. The summed E-state index contributed by atoms with van der Waals surface area (Å²) in [6.45, 7) is 0. The molecule has 78 valence electrons. The van der Waals surface area contributed by atoms with Crippen LogP contribution in [0.5, 0.6) is 0 Å². The fraction of sp³-hybridized carbons (Fsp3) is 0.0714. The first-order valence-corrected chi connectivity index (χ1v) is 6.26. The predicted molar refractivity (Wildman–Crippen MR) is 71.0 cm³/mol. The molecule has 0 aliphatic heterocycles. The Morgan fingerprint density at radius 3 is 2.56 bits per heavy atom. The Hall–Kier alpha value is -1.41. The van der Waals surface area contributed by atoms with Crippen LogP contribution in [0.25, 0.3) is 22.9 Å². The van der Waals surface area contributed by atoms with E-state index in [9.17, 15) is 4.79 Å². The van der Waals surface area contributed by atoms with E-state index >= 15 is 0 Å². The van der Waals surface area contributed by atoms with Crippen LogP contribution in [0.1, 0.15) is 21.5 Å². The van der Waals surface area contributed by atoms with Crippen LogP contribution in [0.3, 0.4) is 0 Å². The van der Waals surface area contributed by atoms with Crippen LogP contribution < -0.4 is 0 Å². The highest BCUT2D eigenvalue weighted by Gasteiger charge is 2.14. The molecule has 0 unspecified atom stereocenters. The zero-order valence-corrected chi connectivity index (χ0v) is 10.1. The van der Waals surface area contributed by atoms with Gasteiger partial charge in [0.15, 0.2) is 5.78 Å². The number of hydrogen-bond donors (Lipinski definition) is 0. The Bertz CT molecular complexity index is 614. The lowest BCUT2D eigenvalue weighted by molar-refractivity contribution is 0.102. The van der Waals surface area contributed by atoms with E-state index in [-0.39, 0.29) is 5.78 Å². The first kappa shape index (κ1) is 9.79. The molecule has 0 aromatic heterocycles. The van der Waals surface area contributed by atoms with Gasteiger partial charge < -0.3 is 0 Å². The summed E-state index contributed by atoms with van der Waals surface area (Å²) in [5.41, 5.74) is 3.22. The molecule has 0 bridgehead atoms. The first-order chi connectivity index (χ1) is 7.81. The second-order valence-electron chi connectivity index (χ2n) is 3.86. The summed E-state index contributed by atoms with van der Waals surface area (Å²) in [6.07, 6.45) is 4.19. The number of halogens is 1. The molecule has 3 rings (SSSR count). The van der Waals surface area contributed by atoms with Crippen molar-refractivity contribution in [2.75, 3.05) is 5.33 Å². The summed E-state index contributed by atoms with van der Waals surface area (Å²) in [6, 6.07) is 10.0. The fourth-order valence-corrected chi connectivity index (χ4v) is 2.54. The molecule has 0 saturated heterocycles. The summed E-state index contributed by atoms with van der Waals surface area (Å²) in [5, 5.41) is 2.64. The number of hydrogen-bond acceptors (Lipinski definition) is 1. The Morgan fingerprint density at radius 2 is 1.81 bits per heavy atom. The van der Waals surface area contributed by atoms with Crippen molar-refractivity contribution >= 4 is 44.6 Å². The van der Waals surface area contributed by atoms with Gasteiger partial charge in [-0.15, -0.1) is 0 Å². The van der Waals surface area contributed by atoms with E-state index in [0.29, 0.717) is 5.33 Å². The zero-order chi connectivity index (χ0) is 11.1. The van der Waals surface area contributed by atoms with Crippen molar-refractivity contribution in [3.8, 4) is 0 Å². The summed E-state index contributed by atoms with van der Waals surface area (Å²) in [4.78, 5) is 11.8. The highest BCUT2D eigenvalue weighted by Crippen LogP contribution is 2.33. The number of Topliss-reactive ketones (excluding diaryl/α,β-unsaturated/α-hetero) is 1. The Kier molecular flexibility index (Phi) is 2.18. The average Bonchev–Trinajstić information content (AvgIpc) is 2.74. The number of ketones is 1. The van der Waals surface area contributed by atoms with Crippen LogP contribution in [0.2, 0.25) is 0 Å². The first-order valence-electron chi connectivity index (χ1n) is 5.14. The molecular formula is C14H9BrO. The van der Waals surface area contributed by atoms with Gasteiger partial charge in [-0.25, -0.2) is 0 Å². The lowest BCUT2D eigenvalue weighted by Crippen LogP contribution is -2.01. The quantitative estimate of drug-likeness (QED) is 0.511. The Labute approximate surface area is 102 Å². The van der Waals surface area contributed by atoms with E-state index in [4.69, 9.17) is 0 Å². The second-order valence-corrected chi connectivity index (χ2v) is 4.42. The number of alkyl halides is 1. The van der Waals surface area contributed by atoms with Gasteiger partial charge in [-0.05, 0) is 21.9 Å². The highest BCUT2D eigenvalue weighted by molar-refractivity contribution is 9.09. The van der Waals surface area contributed by atoms with Crippen LogP contribution in [0.4, 0.5) is 0 Å². The van der Waals surface area contributed by atoms with Crippen LogP contribution in [-0.2, 0) is 0 Å². The van der Waals surface area contributed by atoms with Gasteiger partial charge in [-0.1, -0.05) is 58.4 Å². The van der Waals surface area contributed by atoms with Crippen molar-refractivity contribution in [3.05, 3.63) is 47.0 Å². The third-order valence-electron chi connectivity index (χ3n) is 2.97. The van der Waals surface area contributed by atoms with Crippen molar-refractivity contribution in [3.63, 3.8) is 0 Å². The largest absolute Gasteiger partial charge is 0.293 e. The minimum absolute atomic E-state index is 0.135. The Balaban J connectivity index is 2.40. The number of rotatable bonds is 2. The molecule has 0 radical (unpaired) electrons. The van der Waals surface area contributed by atoms with Gasteiger partial charge in [0.1, 0.15) is 0 Å². The predicted octanol–water partition coefficient (Wildman–Crippen LogP) is 3.90. The molecule has 0 fully saturated rings. The maximum Gasteiger partial charge on any atom is 0.173 e. The monoisotopic (exact) mass is 272 g/mol. The van der Waals surface area contributed by atoms with Crippen molar-refractivity contribution in [1.82, 2.24) is 0 Å². The van der Waals surface area contributed by atoms with E-state index in [1.165, 1.54) is 16.5 Å². The van der Waals surface area contributed by atoms with E-state index in [1.807, 2.05) is 24.3 Å². The van der Waals surface area contributed by atoms with Crippen LogP contribution in [0, 0.1) is 0 Å². The normalized spacial score (nSPS) is 12.3. The summed E-state index contributed by atoms with van der Waals surface area (Å²) >= 11 is 3.22. The molecule has 0 amide bonds. The number of carbonyl (C=O) groups excluding carboxylic acids is 1.